The van der Waals surface area contributed by atoms with Crippen molar-refractivity contribution in [1.82, 2.24) is 0 Å². The molecule has 0 N–H and O–H groups in total. The van der Waals surface area contributed by atoms with Gasteiger partial charge in [0.1, 0.15) is 0 Å². The molecule has 0 spiro atoms. The largest absolute Gasteiger partial charge is 0.466 e. The summed E-state index contributed by atoms with van der Waals surface area (Å²) < 4.78 is 16.0. The van der Waals surface area contributed by atoms with Crippen LogP contribution in [0.25, 0.3) is 0 Å². The van der Waals surface area contributed by atoms with Gasteiger partial charge in [-0.25, -0.2) is 0 Å². The first kappa shape index (κ1) is 20.4. The van der Waals surface area contributed by atoms with Crippen molar-refractivity contribution in [3.63, 3.8) is 0 Å². The van der Waals surface area contributed by atoms with Gasteiger partial charge in [0.05, 0.1) is 19.8 Å². The topological polar surface area (TPSA) is 44.8 Å². The molecule has 4 heteroatoms. The van der Waals surface area contributed by atoms with Gasteiger partial charge in [0.2, 0.25) is 0 Å². The summed E-state index contributed by atoms with van der Waals surface area (Å²) in [7, 11) is 0. The Morgan fingerprint density at radius 3 is 2.24 bits per heavy atom. The quantitative estimate of drug-likeness (QED) is 0.339. The molecule has 0 amide bonds. The van der Waals surface area contributed by atoms with Gasteiger partial charge in [-0.05, 0) is 25.2 Å². The van der Waals surface area contributed by atoms with Crippen LogP contribution in [0, 0.1) is 5.92 Å². The number of hydrogen-bond donors (Lipinski definition) is 0. The van der Waals surface area contributed by atoms with Crippen molar-refractivity contribution in [3.8, 4) is 0 Å². The molecule has 0 radical (unpaired) electrons. The summed E-state index contributed by atoms with van der Waals surface area (Å²) in [6.07, 6.45) is 6.79. The molecule has 0 aromatic carbocycles. The van der Waals surface area contributed by atoms with Crippen molar-refractivity contribution in [3.05, 3.63) is 0 Å². The second-order valence-electron chi connectivity index (χ2n) is 5.79. The van der Waals surface area contributed by atoms with Crippen molar-refractivity contribution in [2.75, 3.05) is 33.0 Å². The lowest BCUT2D eigenvalue weighted by atomic mass is 10.1. The van der Waals surface area contributed by atoms with Crippen LogP contribution in [-0.4, -0.2) is 39.0 Å². The van der Waals surface area contributed by atoms with E-state index in [2.05, 4.69) is 20.8 Å². The minimum atomic E-state index is -0.108. The molecule has 0 bridgehead atoms. The Bertz CT molecular complexity index is 229. The van der Waals surface area contributed by atoms with Crippen molar-refractivity contribution >= 4 is 5.97 Å². The van der Waals surface area contributed by atoms with Crippen molar-refractivity contribution in [1.29, 1.82) is 0 Å². The van der Waals surface area contributed by atoms with E-state index in [9.17, 15) is 4.79 Å². The molecule has 4 nitrogen and oxygen atoms in total. The van der Waals surface area contributed by atoms with Gasteiger partial charge in [-0.3, -0.25) is 4.79 Å². The highest BCUT2D eigenvalue weighted by molar-refractivity contribution is 5.69. The molecule has 0 aromatic rings. The van der Waals surface area contributed by atoms with E-state index in [1.807, 2.05) is 0 Å². The zero-order valence-electron chi connectivity index (χ0n) is 14.2. The van der Waals surface area contributed by atoms with E-state index in [1.165, 1.54) is 12.8 Å². The number of carbonyl (C=O) groups is 1. The highest BCUT2D eigenvalue weighted by Crippen LogP contribution is 2.01. The van der Waals surface area contributed by atoms with E-state index in [0.717, 1.165) is 32.3 Å². The van der Waals surface area contributed by atoms with Crippen molar-refractivity contribution < 1.29 is 19.0 Å². The van der Waals surface area contributed by atoms with Gasteiger partial charge in [0.15, 0.2) is 0 Å². The molecule has 21 heavy (non-hydrogen) atoms. The number of esters is 1. The molecule has 0 aromatic heterocycles. The molecule has 0 aliphatic carbocycles. The molecular weight excluding hydrogens is 268 g/mol. The maximum absolute atomic E-state index is 11.4. The highest BCUT2D eigenvalue weighted by atomic mass is 16.5. The Morgan fingerprint density at radius 2 is 1.57 bits per heavy atom. The summed E-state index contributed by atoms with van der Waals surface area (Å²) in [5, 5.41) is 0. The Kier molecular flexibility index (Phi) is 15.3. The lowest BCUT2D eigenvalue weighted by Crippen LogP contribution is -2.10. The zero-order valence-corrected chi connectivity index (χ0v) is 14.2. The fraction of sp³-hybridized carbons (Fsp3) is 0.941. The van der Waals surface area contributed by atoms with Crippen LogP contribution in [-0.2, 0) is 19.0 Å². The molecule has 0 fully saturated rings. The van der Waals surface area contributed by atoms with Crippen molar-refractivity contribution in [2.45, 2.75) is 65.7 Å². The first-order chi connectivity index (χ1) is 10.2. The first-order valence-electron chi connectivity index (χ1n) is 8.48. The van der Waals surface area contributed by atoms with Gasteiger partial charge in [-0.2, -0.15) is 0 Å². The summed E-state index contributed by atoms with van der Waals surface area (Å²) in [6, 6.07) is 0. The van der Waals surface area contributed by atoms with Gasteiger partial charge in [-0.15, -0.1) is 0 Å². The van der Waals surface area contributed by atoms with E-state index in [1.54, 1.807) is 0 Å². The molecule has 0 aliphatic rings. The molecular formula is C17H34O4. The van der Waals surface area contributed by atoms with Gasteiger partial charge in [0, 0.05) is 19.6 Å². The van der Waals surface area contributed by atoms with E-state index >= 15 is 0 Å². The Balaban J connectivity index is 3.14. The normalized spacial score (nSPS) is 11.0. The minimum Gasteiger partial charge on any atom is -0.466 e. The van der Waals surface area contributed by atoms with Crippen LogP contribution in [0.3, 0.4) is 0 Å². The highest BCUT2D eigenvalue weighted by Gasteiger charge is 2.02. The number of rotatable bonds is 15. The molecule has 0 heterocycles. The van der Waals surface area contributed by atoms with Crippen LogP contribution in [0.5, 0.6) is 0 Å². The lowest BCUT2D eigenvalue weighted by molar-refractivity contribution is -0.144. The Hall–Kier alpha value is -0.610. The second kappa shape index (κ2) is 15.8. The molecule has 0 rings (SSSR count). The molecule has 0 saturated heterocycles. The predicted octanol–water partition coefficient (Wildman–Crippen LogP) is 3.97. The lowest BCUT2D eigenvalue weighted by Gasteiger charge is -2.07. The molecule has 0 aliphatic heterocycles. The fourth-order valence-corrected chi connectivity index (χ4v) is 1.75. The van der Waals surface area contributed by atoms with Gasteiger partial charge in [-0.1, -0.05) is 40.0 Å². The zero-order chi connectivity index (χ0) is 15.8. The predicted molar refractivity (Wildman–Crippen MR) is 85.4 cm³/mol. The monoisotopic (exact) mass is 302 g/mol. The number of carbonyl (C=O) groups excluding carboxylic acids is 1. The summed E-state index contributed by atoms with van der Waals surface area (Å²) in [4.78, 5) is 11.4. The van der Waals surface area contributed by atoms with Crippen LogP contribution in [0.15, 0.2) is 0 Å². The standard InChI is InChI=1S/C17H34O4/c1-4-5-6-7-12-21-17(18)9-8-11-19-14-15-20-13-10-16(2)3/h16H,4-15H2,1-3H3. The van der Waals surface area contributed by atoms with E-state index in [0.29, 0.717) is 38.8 Å². The van der Waals surface area contributed by atoms with E-state index in [-0.39, 0.29) is 5.97 Å². The maximum atomic E-state index is 11.4. The third-order valence-corrected chi connectivity index (χ3v) is 3.14. The summed E-state index contributed by atoms with van der Waals surface area (Å²) in [5.74, 6) is 0.571. The SMILES string of the molecule is CCCCCCOC(=O)CCCOCCOCCC(C)C. The van der Waals surface area contributed by atoms with Crippen molar-refractivity contribution in [2.24, 2.45) is 5.92 Å². The summed E-state index contributed by atoms with van der Waals surface area (Å²) in [6.45, 7) is 9.72. The number of hydrogen-bond acceptors (Lipinski definition) is 4. The van der Waals surface area contributed by atoms with Gasteiger partial charge in [0.25, 0.3) is 0 Å². The van der Waals surface area contributed by atoms with Crippen LogP contribution >= 0.6 is 0 Å². The van der Waals surface area contributed by atoms with Gasteiger partial charge < -0.3 is 14.2 Å². The summed E-state index contributed by atoms with van der Waals surface area (Å²) in [5.41, 5.74) is 0. The Labute approximate surface area is 130 Å². The number of ether oxygens (including phenoxy) is 3. The van der Waals surface area contributed by atoms with Gasteiger partial charge >= 0.3 is 5.97 Å². The molecule has 126 valence electrons. The average Bonchev–Trinajstić information content (AvgIpc) is 2.45. The first-order valence-corrected chi connectivity index (χ1v) is 8.48. The average molecular weight is 302 g/mol. The second-order valence-corrected chi connectivity index (χ2v) is 5.79. The molecule has 0 unspecified atom stereocenters. The van der Waals surface area contributed by atoms with Crippen LogP contribution in [0.2, 0.25) is 0 Å². The molecule has 0 saturated carbocycles. The van der Waals surface area contributed by atoms with E-state index < -0.39 is 0 Å². The third-order valence-electron chi connectivity index (χ3n) is 3.14. The fourth-order valence-electron chi connectivity index (χ4n) is 1.75. The maximum Gasteiger partial charge on any atom is 0.305 e. The molecule has 0 atom stereocenters. The third kappa shape index (κ3) is 17.3. The smallest absolute Gasteiger partial charge is 0.305 e. The van der Waals surface area contributed by atoms with Crippen LogP contribution in [0.1, 0.15) is 65.7 Å². The van der Waals surface area contributed by atoms with Crippen LogP contribution < -0.4 is 0 Å². The van der Waals surface area contributed by atoms with Crippen LogP contribution in [0.4, 0.5) is 0 Å². The number of unbranched alkanes of at least 4 members (excludes halogenated alkanes) is 3. The minimum absolute atomic E-state index is 0.108. The Morgan fingerprint density at radius 1 is 0.857 bits per heavy atom. The van der Waals surface area contributed by atoms with E-state index in [4.69, 9.17) is 14.2 Å². The summed E-state index contributed by atoms with van der Waals surface area (Å²) >= 11 is 0.